The maximum atomic E-state index is 8.76. The highest BCUT2D eigenvalue weighted by atomic mass is 16.5. The molecule has 4 heteroatoms. The summed E-state index contributed by atoms with van der Waals surface area (Å²) in [4.78, 5) is 1.98. The monoisotopic (exact) mass is 205 g/mol. The molecule has 4 nitrogen and oxygen atoms in total. The fourth-order valence-corrected chi connectivity index (χ4v) is 1.10. The summed E-state index contributed by atoms with van der Waals surface area (Å²) in [6.45, 7) is 8.83. The largest absolute Gasteiger partial charge is 0.395 e. The van der Waals surface area contributed by atoms with Gasteiger partial charge < -0.3 is 14.9 Å². The van der Waals surface area contributed by atoms with Gasteiger partial charge in [0.05, 0.1) is 25.4 Å². The zero-order valence-corrected chi connectivity index (χ0v) is 9.49. The molecule has 0 aliphatic carbocycles. The van der Waals surface area contributed by atoms with Crippen LogP contribution in [0.5, 0.6) is 0 Å². The van der Waals surface area contributed by atoms with Crippen LogP contribution >= 0.6 is 0 Å². The molecule has 0 saturated heterocycles. The first kappa shape index (κ1) is 13.8. The van der Waals surface area contributed by atoms with Crippen molar-refractivity contribution >= 4 is 0 Å². The molecular weight excluding hydrogens is 182 g/mol. The molecule has 0 unspecified atom stereocenters. The predicted octanol–water partition coefficient (Wildman–Crippen LogP) is 0.0881. The van der Waals surface area contributed by atoms with Crippen LogP contribution in [-0.2, 0) is 4.74 Å². The summed E-state index contributed by atoms with van der Waals surface area (Å²) in [5.41, 5.74) is -0.121. The van der Waals surface area contributed by atoms with Crippen molar-refractivity contribution < 1.29 is 14.9 Å². The zero-order chi connectivity index (χ0) is 11.0. The van der Waals surface area contributed by atoms with Crippen LogP contribution in [0.1, 0.15) is 20.8 Å². The van der Waals surface area contributed by atoms with Gasteiger partial charge in [-0.05, 0) is 20.8 Å². The average Bonchev–Trinajstić information content (AvgIpc) is 2.02. The van der Waals surface area contributed by atoms with Crippen molar-refractivity contribution in [3.63, 3.8) is 0 Å². The zero-order valence-electron chi connectivity index (χ0n) is 9.49. The number of hydrogen-bond donors (Lipinski definition) is 2. The summed E-state index contributed by atoms with van der Waals surface area (Å²) in [7, 11) is 0. The molecular formula is C10H23NO3. The molecule has 14 heavy (non-hydrogen) atoms. The lowest BCUT2D eigenvalue weighted by Crippen LogP contribution is -2.34. The minimum Gasteiger partial charge on any atom is -0.395 e. The van der Waals surface area contributed by atoms with E-state index in [-0.39, 0.29) is 18.8 Å². The molecule has 0 saturated carbocycles. The van der Waals surface area contributed by atoms with Crippen LogP contribution in [0.15, 0.2) is 0 Å². The van der Waals surface area contributed by atoms with Crippen LogP contribution in [0.3, 0.4) is 0 Å². The van der Waals surface area contributed by atoms with E-state index in [1.807, 2.05) is 25.7 Å². The Balaban J connectivity index is 3.60. The molecule has 0 aliphatic heterocycles. The van der Waals surface area contributed by atoms with Gasteiger partial charge in [-0.3, -0.25) is 4.90 Å². The first-order chi connectivity index (χ1) is 6.49. The molecule has 0 rings (SSSR count). The fraction of sp³-hybridized carbons (Fsp3) is 1.00. The summed E-state index contributed by atoms with van der Waals surface area (Å²) in [6.07, 6.45) is 0. The van der Waals surface area contributed by atoms with Crippen LogP contribution in [0.4, 0.5) is 0 Å². The van der Waals surface area contributed by atoms with Crippen molar-refractivity contribution in [3.8, 4) is 0 Å². The van der Waals surface area contributed by atoms with E-state index in [4.69, 9.17) is 14.9 Å². The van der Waals surface area contributed by atoms with Crippen LogP contribution in [-0.4, -0.2) is 60.2 Å². The lowest BCUT2D eigenvalue weighted by molar-refractivity contribution is -0.0155. The van der Waals surface area contributed by atoms with Gasteiger partial charge in [-0.15, -0.1) is 0 Å². The van der Waals surface area contributed by atoms with Gasteiger partial charge in [-0.2, -0.15) is 0 Å². The van der Waals surface area contributed by atoms with E-state index in [1.165, 1.54) is 0 Å². The molecule has 0 aromatic rings. The summed E-state index contributed by atoms with van der Waals surface area (Å²) in [5.74, 6) is 0. The first-order valence-corrected chi connectivity index (χ1v) is 5.07. The van der Waals surface area contributed by atoms with Gasteiger partial charge in [-0.25, -0.2) is 0 Å². The summed E-state index contributed by atoms with van der Waals surface area (Å²) in [5, 5.41) is 17.5. The Morgan fingerprint density at radius 3 is 1.86 bits per heavy atom. The molecule has 0 aliphatic rings. The van der Waals surface area contributed by atoms with E-state index < -0.39 is 0 Å². The minimum atomic E-state index is -0.121. The van der Waals surface area contributed by atoms with Crippen molar-refractivity contribution in [1.29, 1.82) is 0 Å². The second-order valence-electron chi connectivity index (χ2n) is 4.25. The van der Waals surface area contributed by atoms with E-state index in [0.717, 1.165) is 6.54 Å². The van der Waals surface area contributed by atoms with E-state index in [1.54, 1.807) is 0 Å². The quantitative estimate of drug-likeness (QED) is 0.618. The third-order valence-corrected chi connectivity index (χ3v) is 1.78. The maximum absolute atomic E-state index is 8.76. The third-order valence-electron chi connectivity index (χ3n) is 1.78. The van der Waals surface area contributed by atoms with Gasteiger partial charge >= 0.3 is 0 Å². The number of aliphatic hydroxyl groups excluding tert-OH is 2. The van der Waals surface area contributed by atoms with E-state index in [9.17, 15) is 0 Å². The summed E-state index contributed by atoms with van der Waals surface area (Å²) in [6, 6.07) is 0. The smallest absolute Gasteiger partial charge is 0.0600 e. The summed E-state index contributed by atoms with van der Waals surface area (Å²) >= 11 is 0. The van der Waals surface area contributed by atoms with Crippen LogP contribution in [0, 0.1) is 0 Å². The van der Waals surface area contributed by atoms with Gasteiger partial charge in [0.25, 0.3) is 0 Å². The number of rotatable bonds is 7. The van der Waals surface area contributed by atoms with E-state index >= 15 is 0 Å². The Morgan fingerprint density at radius 1 is 1.00 bits per heavy atom. The molecule has 0 bridgehead atoms. The number of aliphatic hydroxyl groups is 2. The molecule has 0 spiro atoms. The molecule has 0 amide bonds. The topological polar surface area (TPSA) is 52.9 Å². The second kappa shape index (κ2) is 7.17. The summed E-state index contributed by atoms with van der Waals surface area (Å²) < 4.78 is 5.55. The molecule has 0 heterocycles. The second-order valence-corrected chi connectivity index (χ2v) is 4.25. The molecule has 0 fully saturated rings. The van der Waals surface area contributed by atoms with E-state index in [2.05, 4.69) is 0 Å². The Bertz CT molecular complexity index is 128. The van der Waals surface area contributed by atoms with Crippen molar-refractivity contribution in [2.24, 2.45) is 0 Å². The van der Waals surface area contributed by atoms with E-state index in [0.29, 0.717) is 19.7 Å². The van der Waals surface area contributed by atoms with Gasteiger partial charge in [0.1, 0.15) is 0 Å². The van der Waals surface area contributed by atoms with Crippen molar-refractivity contribution in [1.82, 2.24) is 4.90 Å². The average molecular weight is 205 g/mol. The number of nitrogens with zero attached hydrogens (tertiary/aromatic N) is 1. The fourth-order valence-electron chi connectivity index (χ4n) is 1.10. The highest BCUT2D eigenvalue weighted by Crippen LogP contribution is 2.05. The molecule has 86 valence electrons. The lowest BCUT2D eigenvalue weighted by Gasteiger charge is -2.24. The number of ether oxygens (including phenoxy) is 1. The SMILES string of the molecule is CC(C)(C)OCCN(CCO)CCO. The normalized spacial score (nSPS) is 12.4. The third kappa shape index (κ3) is 8.44. The highest BCUT2D eigenvalue weighted by Gasteiger charge is 2.10. The highest BCUT2D eigenvalue weighted by molar-refractivity contribution is 4.61. The Kier molecular flexibility index (Phi) is 7.09. The van der Waals surface area contributed by atoms with Crippen molar-refractivity contribution in [3.05, 3.63) is 0 Å². The Labute approximate surface area is 86.5 Å². The minimum absolute atomic E-state index is 0.121. The van der Waals surface area contributed by atoms with Gasteiger partial charge in [0, 0.05) is 19.6 Å². The van der Waals surface area contributed by atoms with Crippen LogP contribution in [0.2, 0.25) is 0 Å². The van der Waals surface area contributed by atoms with Crippen molar-refractivity contribution in [2.45, 2.75) is 26.4 Å². The lowest BCUT2D eigenvalue weighted by atomic mass is 10.2. The van der Waals surface area contributed by atoms with Crippen LogP contribution in [0.25, 0.3) is 0 Å². The molecule has 0 atom stereocenters. The Hall–Kier alpha value is -0.160. The standard InChI is InChI=1S/C10H23NO3/c1-10(2,3)14-9-6-11(4-7-12)5-8-13/h12-13H,4-9H2,1-3H3. The number of hydrogen-bond acceptors (Lipinski definition) is 4. The molecule has 2 N–H and O–H groups in total. The molecule has 0 radical (unpaired) electrons. The Morgan fingerprint density at radius 2 is 1.50 bits per heavy atom. The molecule has 0 aromatic carbocycles. The van der Waals surface area contributed by atoms with Gasteiger partial charge in [0.15, 0.2) is 0 Å². The van der Waals surface area contributed by atoms with Crippen molar-refractivity contribution in [2.75, 3.05) is 39.5 Å². The van der Waals surface area contributed by atoms with Gasteiger partial charge in [0.2, 0.25) is 0 Å². The molecule has 0 aromatic heterocycles. The maximum Gasteiger partial charge on any atom is 0.0600 e. The van der Waals surface area contributed by atoms with Crippen LogP contribution < -0.4 is 0 Å². The predicted molar refractivity (Wildman–Crippen MR) is 56.3 cm³/mol. The first-order valence-electron chi connectivity index (χ1n) is 5.07. The van der Waals surface area contributed by atoms with Gasteiger partial charge in [-0.1, -0.05) is 0 Å².